The summed E-state index contributed by atoms with van der Waals surface area (Å²) in [5.74, 6) is -1.24. The zero-order chi connectivity index (χ0) is 29.1. The van der Waals surface area contributed by atoms with E-state index in [1.807, 2.05) is 99.6 Å². The minimum Gasteiger partial charge on any atom is -0.507 e. The molecule has 0 aliphatic carbocycles. The fourth-order valence-electron chi connectivity index (χ4n) is 5.31. The summed E-state index contributed by atoms with van der Waals surface area (Å²) in [6.07, 6.45) is 0. The van der Waals surface area contributed by atoms with Gasteiger partial charge in [0.2, 0.25) is 0 Å². The first-order chi connectivity index (χ1) is 19.7. The zero-order valence-corrected chi connectivity index (χ0v) is 23.4. The van der Waals surface area contributed by atoms with Crippen molar-refractivity contribution < 1.29 is 24.5 Å². The fraction of sp³-hybridized carbons (Fsp3) is 0.200. The number of aryl methyl sites for hydroxylation is 2. The van der Waals surface area contributed by atoms with Gasteiger partial charge in [-0.1, -0.05) is 90.0 Å². The molecule has 0 radical (unpaired) electrons. The molecule has 0 spiro atoms. The molecule has 1 amide bonds. The van der Waals surface area contributed by atoms with E-state index in [0.717, 1.165) is 11.1 Å². The van der Waals surface area contributed by atoms with Crippen LogP contribution in [0, 0.1) is 13.8 Å². The molecule has 4 aromatic carbocycles. The number of amides is 1. The Morgan fingerprint density at radius 3 is 1.85 bits per heavy atom. The van der Waals surface area contributed by atoms with Gasteiger partial charge in [0.1, 0.15) is 17.1 Å². The van der Waals surface area contributed by atoms with E-state index in [1.165, 1.54) is 4.90 Å². The van der Waals surface area contributed by atoms with Gasteiger partial charge in [-0.25, -0.2) is 0 Å². The Balaban J connectivity index is 1.65. The lowest BCUT2D eigenvalue weighted by atomic mass is 9.84. The second-order valence-corrected chi connectivity index (χ2v) is 10.4. The summed E-state index contributed by atoms with van der Waals surface area (Å²) in [4.78, 5) is 28.7. The van der Waals surface area contributed by atoms with E-state index in [1.54, 1.807) is 24.3 Å². The Labute approximate surface area is 240 Å². The maximum atomic E-state index is 13.7. The maximum Gasteiger partial charge on any atom is 0.295 e. The van der Waals surface area contributed by atoms with Crippen molar-refractivity contribution in [2.24, 2.45) is 0 Å². The number of carbonyl (C=O) groups excluding carboxylic acids is 2. The molecule has 1 aliphatic rings. The zero-order valence-electron chi connectivity index (χ0n) is 23.4. The largest absolute Gasteiger partial charge is 0.507 e. The smallest absolute Gasteiger partial charge is 0.295 e. The first-order valence-corrected chi connectivity index (χ1v) is 13.7. The van der Waals surface area contributed by atoms with Crippen LogP contribution in [-0.4, -0.2) is 40.0 Å². The van der Waals surface area contributed by atoms with Crippen molar-refractivity contribution in [2.75, 3.05) is 13.2 Å². The van der Waals surface area contributed by atoms with Crippen LogP contribution < -0.4 is 4.74 Å². The van der Waals surface area contributed by atoms with Gasteiger partial charge in [0, 0.05) is 5.56 Å². The van der Waals surface area contributed by atoms with Crippen molar-refractivity contribution in [3.8, 4) is 5.75 Å². The van der Waals surface area contributed by atoms with Crippen LogP contribution in [0.2, 0.25) is 0 Å². The lowest BCUT2D eigenvalue weighted by molar-refractivity contribution is -0.141. The molecule has 208 valence electrons. The van der Waals surface area contributed by atoms with Crippen molar-refractivity contribution in [2.45, 2.75) is 32.4 Å². The van der Waals surface area contributed by atoms with Gasteiger partial charge >= 0.3 is 0 Å². The number of rotatable bonds is 8. The summed E-state index contributed by atoms with van der Waals surface area (Å²) in [7, 11) is 0. The number of carbonyl (C=O) groups is 2. The van der Waals surface area contributed by atoms with Gasteiger partial charge in [0.15, 0.2) is 0 Å². The molecule has 2 N–H and O–H groups in total. The molecule has 1 heterocycles. The lowest BCUT2D eigenvalue weighted by Crippen LogP contribution is -2.44. The number of Topliss-reactive ketones (excluding diaryl/α,β-unsaturated/α-hetero) is 1. The van der Waals surface area contributed by atoms with Crippen molar-refractivity contribution in [1.29, 1.82) is 0 Å². The summed E-state index contributed by atoms with van der Waals surface area (Å²) in [5.41, 5.74) is 2.61. The third-order valence-corrected chi connectivity index (χ3v) is 7.55. The Hall–Kier alpha value is -4.68. The summed E-state index contributed by atoms with van der Waals surface area (Å²) in [5, 5.41) is 23.8. The topological polar surface area (TPSA) is 87.1 Å². The van der Waals surface area contributed by atoms with Crippen molar-refractivity contribution in [3.05, 3.63) is 142 Å². The van der Waals surface area contributed by atoms with Crippen LogP contribution in [0.3, 0.4) is 0 Å². The summed E-state index contributed by atoms with van der Waals surface area (Å²) < 4.78 is 5.51. The van der Waals surface area contributed by atoms with Crippen LogP contribution in [0.4, 0.5) is 0 Å². The number of β-amino-alcohol motifs (C(OH)–C–C–N with tert-alkyl or cyclic N) is 1. The Morgan fingerprint density at radius 2 is 1.34 bits per heavy atom. The Morgan fingerprint density at radius 1 is 0.805 bits per heavy atom. The van der Waals surface area contributed by atoms with Gasteiger partial charge in [-0.2, -0.15) is 0 Å². The van der Waals surface area contributed by atoms with Gasteiger partial charge in [-0.05, 0) is 61.7 Å². The molecule has 1 aliphatic heterocycles. The SMILES string of the molecule is CCOc1ccc(/C(O)=C2\C(=O)C(=O)N(CC(O)(c3ccc(C)cc3)c3ccc(C)cc3)C2c2ccccc2)cc1. The van der Waals surface area contributed by atoms with Gasteiger partial charge in [-0.3, -0.25) is 9.59 Å². The van der Waals surface area contributed by atoms with Crippen LogP contribution in [0.15, 0.2) is 109 Å². The van der Waals surface area contributed by atoms with Gasteiger partial charge in [0.05, 0.1) is 24.8 Å². The van der Waals surface area contributed by atoms with Crippen LogP contribution in [0.25, 0.3) is 5.76 Å². The normalized spacial score (nSPS) is 16.7. The van der Waals surface area contributed by atoms with Crippen LogP contribution in [0.5, 0.6) is 5.75 Å². The van der Waals surface area contributed by atoms with E-state index in [9.17, 15) is 19.8 Å². The number of nitrogens with zero attached hydrogens (tertiary/aromatic N) is 1. The summed E-state index contributed by atoms with van der Waals surface area (Å²) >= 11 is 0. The van der Waals surface area contributed by atoms with E-state index in [-0.39, 0.29) is 17.9 Å². The van der Waals surface area contributed by atoms with Gasteiger partial charge in [-0.15, -0.1) is 0 Å². The average Bonchev–Trinajstić information content (AvgIpc) is 3.23. The molecule has 4 aromatic rings. The number of aliphatic hydroxyl groups excluding tert-OH is 1. The van der Waals surface area contributed by atoms with E-state index in [2.05, 4.69) is 0 Å². The predicted molar refractivity (Wildman–Crippen MR) is 158 cm³/mol. The monoisotopic (exact) mass is 547 g/mol. The van der Waals surface area contributed by atoms with Gasteiger partial charge < -0.3 is 19.8 Å². The molecule has 5 rings (SSSR count). The molecule has 6 nitrogen and oxygen atoms in total. The molecule has 0 aromatic heterocycles. The highest BCUT2D eigenvalue weighted by molar-refractivity contribution is 6.46. The van der Waals surface area contributed by atoms with Crippen molar-refractivity contribution >= 4 is 17.4 Å². The average molecular weight is 548 g/mol. The molecule has 1 fully saturated rings. The number of ether oxygens (including phenoxy) is 1. The number of benzene rings is 4. The number of ketones is 1. The molecule has 1 saturated heterocycles. The van der Waals surface area contributed by atoms with Crippen molar-refractivity contribution in [1.82, 2.24) is 4.90 Å². The van der Waals surface area contributed by atoms with E-state index >= 15 is 0 Å². The van der Waals surface area contributed by atoms with Crippen molar-refractivity contribution in [3.63, 3.8) is 0 Å². The standard InChI is InChI=1S/C35H33NO5/c1-4-41-29-20-14-26(15-21-29)32(37)30-31(25-8-6-5-7-9-25)36(34(39)33(30)38)22-35(40,27-16-10-23(2)11-17-27)28-18-12-24(3)13-19-28/h5-21,31,37,40H,4,22H2,1-3H3/b32-30+. The van der Waals surface area contributed by atoms with Gasteiger partial charge in [0.25, 0.3) is 11.7 Å². The lowest BCUT2D eigenvalue weighted by Gasteiger charge is -2.36. The minimum absolute atomic E-state index is 0.0273. The maximum absolute atomic E-state index is 13.7. The minimum atomic E-state index is -1.63. The molecule has 1 unspecified atom stereocenters. The molecule has 41 heavy (non-hydrogen) atoms. The number of hydrogen-bond acceptors (Lipinski definition) is 5. The highest BCUT2D eigenvalue weighted by Gasteiger charge is 2.49. The first kappa shape index (κ1) is 27.9. The summed E-state index contributed by atoms with van der Waals surface area (Å²) in [6.45, 7) is 6.09. The molecule has 6 heteroatoms. The molecule has 0 bridgehead atoms. The summed E-state index contributed by atoms with van der Waals surface area (Å²) in [6, 6.07) is 29.9. The van der Waals surface area contributed by atoms with Crippen LogP contribution >= 0.6 is 0 Å². The Kier molecular flexibility index (Phi) is 7.77. The Bertz CT molecular complexity index is 1530. The number of likely N-dealkylation sites (tertiary alicyclic amines) is 1. The second-order valence-electron chi connectivity index (χ2n) is 10.4. The molecule has 0 saturated carbocycles. The van der Waals surface area contributed by atoms with Crippen LogP contribution in [0.1, 0.15) is 46.3 Å². The first-order valence-electron chi connectivity index (χ1n) is 13.7. The third-order valence-electron chi connectivity index (χ3n) is 7.55. The van der Waals surface area contributed by atoms with E-state index in [0.29, 0.717) is 34.6 Å². The highest BCUT2D eigenvalue weighted by Crippen LogP contribution is 2.42. The third kappa shape index (κ3) is 5.39. The van der Waals surface area contributed by atoms with E-state index in [4.69, 9.17) is 4.74 Å². The molecule has 1 atom stereocenters. The molecular formula is C35H33NO5. The fourth-order valence-corrected chi connectivity index (χ4v) is 5.31. The predicted octanol–water partition coefficient (Wildman–Crippen LogP) is 6.06. The van der Waals surface area contributed by atoms with E-state index < -0.39 is 23.3 Å². The molecular weight excluding hydrogens is 514 g/mol. The number of hydrogen-bond donors (Lipinski definition) is 2. The second kappa shape index (κ2) is 11.4. The number of aliphatic hydroxyl groups is 2. The van der Waals surface area contributed by atoms with Crippen LogP contribution in [-0.2, 0) is 15.2 Å². The quantitative estimate of drug-likeness (QED) is 0.159. The highest BCUT2D eigenvalue weighted by atomic mass is 16.5.